The Morgan fingerprint density at radius 1 is 0.201 bits per heavy atom. The fraction of sp³-hybridized carbons (Fsp3) is 0.0411. The molecule has 23 aromatic carbocycles. The number of hydrogen-bond acceptors (Lipinski definition) is 2. The summed E-state index contributed by atoms with van der Waals surface area (Å²) in [6, 6.07) is 192. The summed E-state index contributed by atoms with van der Waals surface area (Å²) < 4.78 is 15.2. The minimum atomic E-state index is -0.162. The van der Waals surface area contributed by atoms with Crippen molar-refractivity contribution in [2.75, 3.05) is 0 Å². The molecule has 0 fully saturated rings. The van der Waals surface area contributed by atoms with Crippen LogP contribution in [-0.4, -0.2) is 4.40 Å². The summed E-state index contributed by atoms with van der Waals surface area (Å²) in [6.07, 6.45) is 0. The van der Waals surface area contributed by atoms with Gasteiger partial charge in [-0.05, 0) is 286 Å². The fourth-order valence-electron chi connectivity index (χ4n) is 26.6. The average molecular weight is 1900 g/mol. The fourth-order valence-corrected chi connectivity index (χ4v) is 26.6. The Hall–Kier alpha value is -18.8. The molecule has 0 saturated heterocycles. The van der Waals surface area contributed by atoms with E-state index < -0.39 is 0 Å². The lowest BCUT2D eigenvalue weighted by Gasteiger charge is -2.34. The van der Waals surface area contributed by atoms with Gasteiger partial charge in [0.15, 0.2) is 5.58 Å². The third-order valence-electron chi connectivity index (χ3n) is 33.1. The molecule has 32 rings (SSSR count). The van der Waals surface area contributed by atoms with Crippen LogP contribution in [0.1, 0.15) is 126 Å². The van der Waals surface area contributed by atoms with Crippen molar-refractivity contribution in [2.45, 2.75) is 37.0 Å². The third kappa shape index (κ3) is 13.3. The predicted octanol–water partition coefficient (Wildman–Crippen LogP) is 38.4. The second-order valence-electron chi connectivity index (χ2n) is 41.1. The molecule has 3 nitrogen and oxygen atoms in total. The molecule has 0 N–H and O–H groups in total. The molecule has 696 valence electrons. The minimum absolute atomic E-state index is 0.0878. The Kier molecular flexibility index (Phi) is 19.7. The lowest BCUT2D eigenvalue weighted by molar-refractivity contribution is 0.418. The summed E-state index contributed by atoms with van der Waals surface area (Å²) in [5, 5.41) is 9.01. The Morgan fingerprint density at radius 3 is 0.852 bits per heavy atom. The van der Waals surface area contributed by atoms with Crippen LogP contribution >= 0.6 is 0 Å². The number of aromatic nitrogens is 1. The zero-order valence-corrected chi connectivity index (χ0v) is 82.1. The van der Waals surface area contributed by atoms with Crippen LogP contribution in [0, 0.1) is 0 Å². The molecule has 6 aliphatic carbocycles. The number of rotatable bonds is 9. The molecule has 0 unspecified atom stereocenters. The first-order valence-corrected chi connectivity index (χ1v) is 52.1. The number of hydrogen-bond donors (Lipinski definition) is 0. The summed E-state index contributed by atoms with van der Waals surface area (Å²) in [4.78, 5) is 0. The third-order valence-corrected chi connectivity index (χ3v) is 33.1. The van der Waals surface area contributed by atoms with E-state index in [9.17, 15) is 0 Å². The van der Waals surface area contributed by atoms with E-state index in [4.69, 9.17) is 9.15 Å². The molecule has 2 aromatic heterocycles. The van der Waals surface area contributed by atoms with Crippen molar-refractivity contribution in [1.82, 2.24) is 4.40 Å². The molecule has 0 bridgehead atoms. The zero-order valence-electron chi connectivity index (χ0n) is 82.1. The maximum Gasteiger partial charge on any atom is 0.213 e. The van der Waals surface area contributed by atoms with Crippen molar-refractivity contribution >= 4 is 93.5 Å². The van der Waals surface area contributed by atoms with Crippen molar-refractivity contribution in [3.05, 3.63) is 616 Å². The highest BCUT2D eigenvalue weighted by molar-refractivity contribution is 6.26. The van der Waals surface area contributed by atoms with Crippen LogP contribution in [0.15, 0.2) is 526 Å². The largest absolute Gasteiger partial charge is 0.457 e. The number of nitrogens with zero attached hydrogens (tertiary/aromatic N) is 1. The van der Waals surface area contributed by atoms with Crippen LogP contribution in [0.2, 0.25) is 0 Å². The van der Waals surface area contributed by atoms with E-state index in [0.717, 1.165) is 45.0 Å². The van der Waals surface area contributed by atoms with Gasteiger partial charge in [0.05, 0.1) is 16.6 Å². The van der Waals surface area contributed by atoms with Gasteiger partial charge in [-0.3, -0.25) is 4.40 Å². The molecule has 1 aliphatic heterocycles. The van der Waals surface area contributed by atoms with Gasteiger partial charge in [-0.1, -0.05) is 493 Å². The standard InChI is InChI=1S/C51H32.C48H34O.C47H29NO/c1-2-15-37-35(13-1)36-14-3-4-20-42(36)48-31-34(29-30-43(37)48)32-25-27-33(28-26-32)49(50-44-21-9-5-16-38(44)39-17-6-10-22-45(39)50)51-46-23-11-7-18-40(46)41-19-8-12-24-47(41)51;1-48(2)41-21-11-12-22-43(41)49-44-28-27-32(29-42(44)48)30-23-25-31(26-24-30)45(46-37-17-7-3-13-33(37)34-14-4-8-18-38(34)46)47-39-19-9-5-15-35(39)36-16-6-10-20-40(36)47;1-5-17-35-31(13-1)32-14-2-6-18-36(32)45(35)44(46-37-19-7-3-15-33(37)34-16-4-8-20-38(34)46)30-27-25-29(26-28-30)43-39-21-9-10-22-40(39)48-41-23-11-12-24-42(41)49-47(43)48/h1-31,50H;3-29,46H,1-2H3;1-28,45H. The van der Waals surface area contributed by atoms with Gasteiger partial charge in [-0.15, -0.1) is 0 Å². The van der Waals surface area contributed by atoms with E-state index in [0.29, 0.717) is 0 Å². The second-order valence-corrected chi connectivity index (χ2v) is 41.1. The van der Waals surface area contributed by atoms with Gasteiger partial charge in [0, 0.05) is 39.7 Å². The first-order chi connectivity index (χ1) is 73.8. The van der Waals surface area contributed by atoms with Crippen LogP contribution in [-0.2, 0) is 5.41 Å². The van der Waals surface area contributed by atoms with E-state index >= 15 is 0 Å². The Morgan fingerprint density at radius 2 is 0.470 bits per heavy atom. The van der Waals surface area contributed by atoms with Crippen molar-refractivity contribution in [1.29, 1.82) is 0 Å². The smallest absolute Gasteiger partial charge is 0.213 e. The number of para-hydroxylation sites is 4. The highest BCUT2D eigenvalue weighted by Crippen LogP contribution is 2.63. The summed E-state index contributed by atoms with van der Waals surface area (Å²) >= 11 is 0. The molecule has 0 atom stereocenters. The number of fused-ring (bicyclic) bond motifs is 31. The highest BCUT2D eigenvalue weighted by atomic mass is 16.5. The second kappa shape index (κ2) is 34.2. The van der Waals surface area contributed by atoms with Gasteiger partial charge in [0.1, 0.15) is 11.5 Å². The molecule has 0 spiro atoms. The lowest BCUT2D eigenvalue weighted by atomic mass is 9.75. The minimum Gasteiger partial charge on any atom is -0.457 e. The quantitative estimate of drug-likeness (QED) is 0.135. The molecule has 3 heterocycles. The van der Waals surface area contributed by atoms with Gasteiger partial charge >= 0.3 is 0 Å². The normalized spacial score (nSPS) is 13.6. The molecule has 0 radical (unpaired) electrons. The SMILES string of the molecule is CC1(C)c2ccccc2Oc2ccc(-c3ccc(C(=C4c5ccccc5-c5ccccc54)C4c5ccccc5-c5ccccc54)cc3)cc21.c1ccc2c(c1)C(=C(c1ccc(-c3c4ccccc4n4c3oc3ccccc34)cc1)C1c3ccccc3-c3ccccc31)c1ccccc1-2.c1ccc2c(c1)C(=C(c1ccc(-c3ccc4c5ccccc5c5ccccc5c4c3)cc1)C1c3ccccc3-c3ccccc31)c1ccccc1-2. The van der Waals surface area contributed by atoms with Gasteiger partial charge in [0.2, 0.25) is 5.71 Å². The number of ether oxygens (including phenoxy) is 1. The number of allylic oxidation sites excluding steroid dienone is 3. The van der Waals surface area contributed by atoms with E-state index in [1.54, 1.807) is 0 Å². The molecular weight excluding hydrogens is 1800 g/mol. The first-order valence-electron chi connectivity index (χ1n) is 52.1. The molecular formula is C146H95NO2. The predicted molar refractivity (Wildman–Crippen MR) is 620 cm³/mol. The van der Waals surface area contributed by atoms with Gasteiger partial charge in [0.25, 0.3) is 0 Å². The monoisotopic (exact) mass is 1890 g/mol. The van der Waals surface area contributed by atoms with Crippen molar-refractivity contribution < 1.29 is 9.15 Å². The molecule has 0 saturated carbocycles. The van der Waals surface area contributed by atoms with Crippen molar-refractivity contribution in [2.24, 2.45) is 0 Å². The van der Waals surface area contributed by atoms with E-state index in [1.165, 1.54) is 255 Å². The summed E-state index contributed by atoms with van der Waals surface area (Å²) in [7, 11) is 0. The average Bonchev–Trinajstić information content (AvgIpc) is 1.58. The molecule has 149 heavy (non-hydrogen) atoms. The maximum absolute atomic E-state index is 6.57. The number of oxazole rings is 1. The van der Waals surface area contributed by atoms with Crippen LogP contribution in [0.4, 0.5) is 0 Å². The maximum atomic E-state index is 6.57. The van der Waals surface area contributed by atoms with Crippen LogP contribution in [0.3, 0.4) is 0 Å². The van der Waals surface area contributed by atoms with Crippen LogP contribution in [0.25, 0.3) is 194 Å². The van der Waals surface area contributed by atoms with Gasteiger partial charge in [-0.2, -0.15) is 0 Å². The van der Waals surface area contributed by atoms with Crippen LogP contribution in [0.5, 0.6) is 11.5 Å². The number of benzene rings is 23. The molecule has 0 amide bonds. The highest BCUT2D eigenvalue weighted by Gasteiger charge is 2.43. The van der Waals surface area contributed by atoms with E-state index in [2.05, 4.69) is 528 Å². The van der Waals surface area contributed by atoms with Crippen LogP contribution < -0.4 is 4.74 Å². The Labute approximate surface area is 865 Å². The van der Waals surface area contributed by atoms with E-state index in [1.807, 2.05) is 12.1 Å². The summed E-state index contributed by atoms with van der Waals surface area (Å²) in [5.41, 5.74) is 57.1. The zero-order chi connectivity index (χ0) is 98.2. The van der Waals surface area contributed by atoms with Gasteiger partial charge < -0.3 is 9.15 Å². The van der Waals surface area contributed by atoms with Crippen molar-refractivity contribution in [3.8, 4) is 112 Å². The molecule has 7 aliphatic rings. The topological polar surface area (TPSA) is 26.8 Å². The first kappa shape index (κ1) is 85.8. The van der Waals surface area contributed by atoms with E-state index in [-0.39, 0.29) is 23.2 Å². The Bertz CT molecular complexity index is 9720. The molecule has 3 heteroatoms. The summed E-state index contributed by atoms with van der Waals surface area (Å²) in [5.74, 6) is 2.19. The molecule has 25 aromatic rings. The lowest BCUT2D eigenvalue weighted by Crippen LogP contribution is -2.24. The van der Waals surface area contributed by atoms with Crippen molar-refractivity contribution in [3.63, 3.8) is 0 Å². The summed E-state index contributed by atoms with van der Waals surface area (Å²) in [6.45, 7) is 4.60. The van der Waals surface area contributed by atoms with Gasteiger partial charge in [-0.25, -0.2) is 0 Å². The Balaban J connectivity index is 0.000000103.